The molecule has 0 saturated heterocycles. The number of benzene rings is 2. The van der Waals surface area contributed by atoms with Crippen molar-refractivity contribution in [3.63, 3.8) is 0 Å². The lowest BCUT2D eigenvalue weighted by molar-refractivity contribution is 0.287. The normalized spacial score (nSPS) is 9.60. The summed E-state index contributed by atoms with van der Waals surface area (Å²) in [6, 6.07) is 20.2. The Balaban J connectivity index is 0.00000312. The van der Waals surface area contributed by atoms with Gasteiger partial charge >= 0.3 is 0 Å². The SMILES string of the molecule is CN(C)CCN(CC#Cc1ccccc1)CC#Cc1ccccc1.Cl. The molecule has 0 heterocycles. The summed E-state index contributed by atoms with van der Waals surface area (Å²) in [5.74, 6) is 13.0. The first-order chi connectivity index (χ1) is 11.7. The van der Waals surface area contributed by atoms with Crippen LogP contribution in [-0.4, -0.2) is 50.1 Å². The van der Waals surface area contributed by atoms with E-state index in [0.29, 0.717) is 0 Å². The number of hydrogen-bond acceptors (Lipinski definition) is 2. The summed E-state index contributed by atoms with van der Waals surface area (Å²) in [6.07, 6.45) is 0. The molecule has 0 radical (unpaired) electrons. The van der Waals surface area contributed by atoms with Crippen LogP contribution in [0.15, 0.2) is 60.7 Å². The smallest absolute Gasteiger partial charge is 0.0614 e. The summed E-state index contributed by atoms with van der Waals surface area (Å²) in [7, 11) is 4.17. The number of nitrogens with zero attached hydrogens (tertiary/aromatic N) is 2. The average molecular weight is 353 g/mol. The van der Waals surface area contributed by atoms with Crippen molar-refractivity contribution < 1.29 is 0 Å². The van der Waals surface area contributed by atoms with E-state index in [9.17, 15) is 0 Å². The van der Waals surface area contributed by atoms with Crippen molar-refractivity contribution in [2.75, 3.05) is 40.3 Å². The average Bonchev–Trinajstić information content (AvgIpc) is 2.61. The van der Waals surface area contributed by atoms with E-state index >= 15 is 0 Å². The van der Waals surface area contributed by atoms with Gasteiger partial charge in [0, 0.05) is 24.2 Å². The fourth-order valence-corrected chi connectivity index (χ4v) is 2.11. The molecule has 0 spiro atoms. The maximum Gasteiger partial charge on any atom is 0.0614 e. The van der Waals surface area contributed by atoms with Gasteiger partial charge in [0.25, 0.3) is 0 Å². The van der Waals surface area contributed by atoms with Crippen LogP contribution in [0.1, 0.15) is 11.1 Å². The fourth-order valence-electron chi connectivity index (χ4n) is 2.11. The molecule has 0 fully saturated rings. The summed E-state index contributed by atoms with van der Waals surface area (Å²) in [4.78, 5) is 4.47. The minimum absolute atomic E-state index is 0. The van der Waals surface area contributed by atoms with Crippen LogP contribution in [-0.2, 0) is 0 Å². The second-order valence-corrected chi connectivity index (χ2v) is 5.85. The van der Waals surface area contributed by atoms with Gasteiger partial charge in [-0.2, -0.15) is 0 Å². The van der Waals surface area contributed by atoms with Crippen LogP contribution in [0.4, 0.5) is 0 Å². The lowest BCUT2D eigenvalue weighted by Crippen LogP contribution is -2.32. The van der Waals surface area contributed by atoms with Gasteiger partial charge in [0.05, 0.1) is 13.1 Å². The minimum Gasteiger partial charge on any atom is -0.308 e. The third kappa shape index (κ3) is 8.99. The number of likely N-dealkylation sites (N-methyl/N-ethyl adjacent to an activating group) is 1. The Bertz CT molecular complexity index is 659. The lowest BCUT2D eigenvalue weighted by Gasteiger charge is -2.19. The van der Waals surface area contributed by atoms with Crippen LogP contribution in [0.5, 0.6) is 0 Å². The first-order valence-electron chi connectivity index (χ1n) is 8.19. The first kappa shape index (κ1) is 20.8. The zero-order valence-corrected chi connectivity index (χ0v) is 15.7. The van der Waals surface area contributed by atoms with Crippen molar-refractivity contribution in [3.05, 3.63) is 71.8 Å². The van der Waals surface area contributed by atoms with Crippen LogP contribution >= 0.6 is 12.4 Å². The highest BCUT2D eigenvalue weighted by molar-refractivity contribution is 5.85. The molecule has 0 N–H and O–H groups in total. The molecule has 0 atom stereocenters. The van der Waals surface area contributed by atoms with Gasteiger partial charge in [0.1, 0.15) is 0 Å². The molecular formula is C22H25ClN2. The van der Waals surface area contributed by atoms with Gasteiger partial charge in [-0.3, -0.25) is 4.90 Å². The second kappa shape index (κ2) is 12.2. The fraction of sp³-hybridized carbons (Fsp3) is 0.273. The molecular weight excluding hydrogens is 328 g/mol. The van der Waals surface area contributed by atoms with E-state index in [2.05, 4.69) is 47.6 Å². The molecule has 130 valence electrons. The standard InChI is InChI=1S/C22H24N2.ClH/c1-23(2)19-20-24(17-9-15-21-11-5-3-6-12-21)18-10-16-22-13-7-4-8-14-22;/h3-8,11-14H,17-20H2,1-2H3;1H. The Morgan fingerprint density at radius 2 is 1.12 bits per heavy atom. The Morgan fingerprint density at radius 1 is 0.680 bits per heavy atom. The molecule has 0 aliphatic carbocycles. The largest absolute Gasteiger partial charge is 0.308 e. The summed E-state index contributed by atoms with van der Waals surface area (Å²) >= 11 is 0. The van der Waals surface area contributed by atoms with Crippen molar-refractivity contribution in [1.29, 1.82) is 0 Å². The van der Waals surface area contributed by atoms with Crippen LogP contribution in [0.25, 0.3) is 0 Å². The van der Waals surface area contributed by atoms with E-state index in [1.807, 2.05) is 60.7 Å². The van der Waals surface area contributed by atoms with Gasteiger partial charge in [-0.1, -0.05) is 60.1 Å². The van der Waals surface area contributed by atoms with Gasteiger partial charge in [0.15, 0.2) is 0 Å². The van der Waals surface area contributed by atoms with Crippen LogP contribution in [0, 0.1) is 23.7 Å². The summed E-state index contributed by atoms with van der Waals surface area (Å²) in [6.45, 7) is 3.42. The first-order valence-corrected chi connectivity index (χ1v) is 8.19. The van der Waals surface area contributed by atoms with Gasteiger partial charge < -0.3 is 4.90 Å². The number of hydrogen-bond donors (Lipinski definition) is 0. The predicted molar refractivity (Wildman–Crippen MR) is 109 cm³/mol. The molecule has 2 aromatic rings. The molecule has 0 unspecified atom stereocenters. The summed E-state index contributed by atoms with van der Waals surface area (Å²) < 4.78 is 0. The Morgan fingerprint density at radius 3 is 1.52 bits per heavy atom. The van der Waals surface area contributed by atoms with E-state index < -0.39 is 0 Å². The highest BCUT2D eigenvalue weighted by Crippen LogP contribution is 1.97. The van der Waals surface area contributed by atoms with E-state index in [1.165, 1.54) is 0 Å². The van der Waals surface area contributed by atoms with Gasteiger partial charge in [-0.15, -0.1) is 12.4 Å². The quantitative estimate of drug-likeness (QED) is 0.761. The van der Waals surface area contributed by atoms with E-state index in [1.54, 1.807) is 0 Å². The zero-order chi connectivity index (χ0) is 17.0. The highest BCUT2D eigenvalue weighted by Gasteiger charge is 2.01. The number of halogens is 1. The molecule has 3 heteroatoms. The van der Waals surface area contributed by atoms with Crippen molar-refractivity contribution in [2.24, 2.45) is 0 Å². The van der Waals surface area contributed by atoms with Gasteiger partial charge in [-0.25, -0.2) is 0 Å². The van der Waals surface area contributed by atoms with Crippen molar-refractivity contribution >= 4 is 12.4 Å². The molecule has 2 nitrogen and oxygen atoms in total. The predicted octanol–water partition coefficient (Wildman–Crippen LogP) is 3.38. The van der Waals surface area contributed by atoms with Crippen LogP contribution in [0.3, 0.4) is 0 Å². The Hall–Kier alpha value is -2.23. The van der Waals surface area contributed by atoms with Gasteiger partial charge in [-0.05, 0) is 38.4 Å². The topological polar surface area (TPSA) is 6.48 Å². The second-order valence-electron chi connectivity index (χ2n) is 5.85. The van der Waals surface area contributed by atoms with Crippen molar-refractivity contribution in [2.45, 2.75) is 0 Å². The Kier molecular flexibility index (Phi) is 10.1. The molecule has 0 saturated carbocycles. The molecule has 2 aromatic carbocycles. The zero-order valence-electron chi connectivity index (χ0n) is 14.9. The van der Waals surface area contributed by atoms with Crippen LogP contribution in [0.2, 0.25) is 0 Å². The minimum atomic E-state index is 0. The number of rotatable bonds is 5. The molecule has 2 rings (SSSR count). The molecule has 0 aromatic heterocycles. The molecule has 0 amide bonds. The molecule has 0 aliphatic rings. The van der Waals surface area contributed by atoms with Crippen molar-refractivity contribution in [3.8, 4) is 23.7 Å². The third-order valence-corrected chi connectivity index (χ3v) is 3.48. The maximum atomic E-state index is 3.26. The molecule has 0 aliphatic heterocycles. The van der Waals surface area contributed by atoms with E-state index in [-0.39, 0.29) is 12.4 Å². The summed E-state index contributed by atoms with van der Waals surface area (Å²) in [5.41, 5.74) is 2.11. The summed E-state index contributed by atoms with van der Waals surface area (Å²) in [5, 5.41) is 0. The van der Waals surface area contributed by atoms with E-state index in [4.69, 9.17) is 0 Å². The lowest BCUT2D eigenvalue weighted by atomic mass is 10.2. The van der Waals surface area contributed by atoms with Crippen molar-refractivity contribution in [1.82, 2.24) is 9.80 Å². The molecule has 25 heavy (non-hydrogen) atoms. The molecule has 0 bridgehead atoms. The Labute approximate surface area is 158 Å². The third-order valence-electron chi connectivity index (χ3n) is 3.48. The van der Waals surface area contributed by atoms with Crippen LogP contribution < -0.4 is 0 Å². The highest BCUT2D eigenvalue weighted by atomic mass is 35.5. The monoisotopic (exact) mass is 352 g/mol. The maximum absolute atomic E-state index is 3.26. The van der Waals surface area contributed by atoms with E-state index in [0.717, 1.165) is 37.3 Å². The van der Waals surface area contributed by atoms with Gasteiger partial charge in [0.2, 0.25) is 0 Å².